The van der Waals surface area contributed by atoms with Gasteiger partial charge in [0.05, 0.1) is 18.6 Å². The molecule has 0 unspecified atom stereocenters. The Morgan fingerprint density at radius 1 is 1.00 bits per heavy atom. The van der Waals surface area contributed by atoms with E-state index >= 15 is 0 Å². The van der Waals surface area contributed by atoms with Crippen LogP contribution in [0.3, 0.4) is 0 Å². The lowest BCUT2D eigenvalue weighted by molar-refractivity contribution is -0.123. The molecule has 4 rings (SSSR count). The first-order valence-corrected chi connectivity index (χ1v) is 12.7. The first-order valence-electron chi connectivity index (χ1n) is 11.8. The lowest BCUT2D eigenvalue weighted by Gasteiger charge is -2.15. The third-order valence-electron chi connectivity index (χ3n) is 5.76. The summed E-state index contributed by atoms with van der Waals surface area (Å²) < 4.78 is 11.2. The largest absolute Gasteiger partial charge is 0.493 e. The standard InChI is InChI=1S/C29H28N2O5S/c1-19(2)22-11-7-8-12-23(22)30-27(32)18-36-24-14-13-21(15-25(24)35-3)16-26-28(33)31(29(34)37-26)17-20-9-5-4-6-10-20/h4-16,19H,17-18H2,1-3H3,(H,30,32)/b26-16-. The Labute approximate surface area is 220 Å². The lowest BCUT2D eigenvalue weighted by Crippen LogP contribution is -2.27. The molecule has 37 heavy (non-hydrogen) atoms. The topological polar surface area (TPSA) is 84.9 Å². The van der Waals surface area contributed by atoms with Crippen LogP contribution in [-0.2, 0) is 16.1 Å². The molecule has 190 valence electrons. The van der Waals surface area contributed by atoms with E-state index in [0.29, 0.717) is 22.0 Å². The molecular weight excluding hydrogens is 488 g/mol. The monoisotopic (exact) mass is 516 g/mol. The predicted molar refractivity (Wildman–Crippen MR) is 146 cm³/mol. The van der Waals surface area contributed by atoms with Gasteiger partial charge in [0.2, 0.25) is 0 Å². The zero-order valence-electron chi connectivity index (χ0n) is 20.9. The molecule has 3 amide bonds. The molecule has 0 saturated carbocycles. The molecule has 0 aromatic heterocycles. The number of amides is 3. The summed E-state index contributed by atoms with van der Waals surface area (Å²) in [6.45, 7) is 4.16. The first kappa shape index (κ1) is 26.0. The molecule has 1 saturated heterocycles. The molecule has 1 aliphatic rings. The third-order valence-corrected chi connectivity index (χ3v) is 6.67. The minimum atomic E-state index is -0.337. The smallest absolute Gasteiger partial charge is 0.293 e. The normalized spacial score (nSPS) is 14.4. The molecule has 1 aliphatic heterocycles. The summed E-state index contributed by atoms with van der Waals surface area (Å²) in [5, 5.41) is 2.59. The second-order valence-corrected chi connectivity index (χ2v) is 9.74. The van der Waals surface area contributed by atoms with E-state index in [9.17, 15) is 14.4 Å². The molecular formula is C29H28N2O5S. The number of anilines is 1. The van der Waals surface area contributed by atoms with E-state index in [-0.39, 0.29) is 36.1 Å². The van der Waals surface area contributed by atoms with E-state index in [1.165, 1.54) is 12.0 Å². The number of methoxy groups -OCH3 is 1. The van der Waals surface area contributed by atoms with Crippen molar-refractivity contribution in [1.29, 1.82) is 0 Å². The molecule has 7 nitrogen and oxygen atoms in total. The molecule has 1 fully saturated rings. The number of thioether (sulfide) groups is 1. The number of nitrogens with zero attached hydrogens (tertiary/aromatic N) is 1. The molecule has 0 spiro atoms. The second kappa shape index (κ2) is 11.8. The lowest BCUT2D eigenvalue weighted by atomic mass is 10.0. The predicted octanol–water partition coefficient (Wildman–Crippen LogP) is 6.07. The van der Waals surface area contributed by atoms with E-state index in [2.05, 4.69) is 19.2 Å². The van der Waals surface area contributed by atoms with Crippen molar-refractivity contribution < 1.29 is 23.9 Å². The number of benzene rings is 3. The quantitative estimate of drug-likeness (QED) is 0.347. The fourth-order valence-corrected chi connectivity index (χ4v) is 4.73. The summed E-state index contributed by atoms with van der Waals surface area (Å²) in [6, 6.07) is 22.2. The van der Waals surface area contributed by atoms with E-state index < -0.39 is 0 Å². The first-order chi connectivity index (χ1) is 17.9. The van der Waals surface area contributed by atoms with Gasteiger partial charge in [0.15, 0.2) is 18.1 Å². The maximum absolute atomic E-state index is 12.9. The van der Waals surface area contributed by atoms with E-state index in [1.54, 1.807) is 24.3 Å². The number of carbonyl (C=O) groups excluding carboxylic acids is 3. The van der Waals surface area contributed by atoms with Crippen LogP contribution < -0.4 is 14.8 Å². The Hall–Kier alpha value is -4.04. The summed E-state index contributed by atoms with van der Waals surface area (Å²) in [4.78, 5) is 39.4. The van der Waals surface area contributed by atoms with Crippen molar-refractivity contribution in [2.45, 2.75) is 26.3 Å². The summed E-state index contributed by atoms with van der Waals surface area (Å²) in [5.41, 5.74) is 3.36. The van der Waals surface area contributed by atoms with Crippen LogP contribution in [0.2, 0.25) is 0 Å². The average molecular weight is 517 g/mol. The Kier molecular flexibility index (Phi) is 8.30. The summed E-state index contributed by atoms with van der Waals surface area (Å²) in [6.07, 6.45) is 1.65. The van der Waals surface area contributed by atoms with Gasteiger partial charge >= 0.3 is 0 Å². The number of nitrogens with one attached hydrogen (secondary N) is 1. The van der Waals surface area contributed by atoms with E-state index in [1.807, 2.05) is 54.6 Å². The number of hydrogen-bond acceptors (Lipinski definition) is 6. The van der Waals surface area contributed by atoms with Crippen LogP contribution in [0.25, 0.3) is 6.08 Å². The zero-order valence-corrected chi connectivity index (χ0v) is 21.7. The molecule has 1 N–H and O–H groups in total. The van der Waals surface area contributed by atoms with Crippen molar-refractivity contribution in [1.82, 2.24) is 4.90 Å². The maximum atomic E-state index is 12.9. The van der Waals surface area contributed by atoms with Gasteiger partial charge in [-0.25, -0.2) is 0 Å². The van der Waals surface area contributed by atoms with Crippen molar-refractivity contribution in [3.63, 3.8) is 0 Å². The highest BCUT2D eigenvalue weighted by Crippen LogP contribution is 2.35. The van der Waals surface area contributed by atoms with Crippen molar-refractivity contribution >= 4 is 40.6 Å². The number of rotatable bonds is 9. The van der Waals surface area contributed by atoms with Gasteiger partial charge in [0.25, 0.3) is 17.1 Å². The van der Waals surface area contributed by atoms with Gasteiger partial charge in [-0.05, 0) is 58.6 Å². The Morgan fingerprint density at radius 2 is 1.73 bits per heavy atom. The number of hydrogen-bond donors (Lipinski definition) is 1. The van der Waals surface area contributed by atoms with Crippen LogP contribution in [0.4, 0.5) is 10.5 Å². The van der Waals surface area contributed by atoms with Gasteiger partial charge in [-0.1, -0.05) is 68.4 Å². The number of para-hydroxylation sites is 1. The van der Waals surface area contributed by atoms with Gasteiger partial charge in [-0.15, -0.1) is 0 Å². The Balaban J connectivity index is 1.42. The molecule has 0 aliphatic carbocycles. The summed E-state index contributed by atoms with van der Waals surface area (Å²) in [5.74, 6) is 0.449. The van der Waals surface area contributed by atoms with Crippen molar-refractivity contribution in [3.05, 3.63) is 94.4 Å². The molecule has 3 aromatic rings. The zero-order chi connectivity index (χ0) is 26.4. The molecule has 8 heteroatoms. The highest BCUT2D eigenvalue weighted by molar-refractivity contribution is 8.18. The van der Waals surface area contributed by atoms with Crippen LogP contribution in [0.1, 0.15) is 36.5 Å². The SMILES string of the molecule is COc1cc(/C=C2\SC(=O)N(Cc3ccccc3)C2=O)ccc1OCC(=O)Nc1ccccc1C(C)C. The fraction of sp³-hybridized carbons (Fsp3) is 0.207. The maximum Gasteiger partial charge on any atom is 0.293 e. The molecule has 3 aromatic carbocycles. The van der Waals surface area contributed by atoms with E-state index in [4.69, 9.17) is 9.47 Å². The highest BCUT2D eigenvalue weighted by atomic mass is 32.2. The van der Waals surface area contributed by atoms with Crippen molar-refractivity contribution in [2.24, 2.45) is 0 Å². The summed E-state index contributed by atoms with van der Waals surface area (Å²) >= 11 is 0.905. The minimum absolute atomic E-state index is 0.194. The Morgan fingerprint density at radius 3 is 2.46 bits per heavy atom. The second-order valence-electron chi connectivity index (χ2n) is 8.74. The van der Waals surface area contributed by atoms with Crippen LogP contribution in [0.15, 0.2) is 77.7 Å². The van der Waals surface area contributed by atoms with Gasteiger partial charge in [0.1, 0.15) is 0 Å². The molecule has 0 atom stereocenters. The van der Waals surface area contributed by atoms with Crippen LogP contribution in [0.5, 0.6) is 11.5 Å². The van der Waals surface area contributed by atoms with Gasteiger partial charge in [0, 0.05) is 5.69 Å². The highest BCUT2D eigenvalue weighted by Gasteiger charge is 2.35. The van der Waals surface area contributed by atoms with Crippen LogP contribution in [-0.4, -0.2) is 35.7 Å². The van der Waals surface area contributed by atoms with Crippen molar-refractivity contribution in [3.8, 4) is 11.5 Å². The molecule has 0 radical (unpaired) electrons. The molecule has 1 heterocycles. The number of carbonyl (C=O) groups is 3. The Bertz CT molecular complexity index is 1340. The van der Waals surface area contributed by atoms with Crippen LogP contribution in [0, 0.1) is 0 Å². The van der Waals surface area contributed by atoms with Gasteiger partial charge in [-0.3, -0.25) is 19.3 Å². The van der Waals surface area contributed by atoms with Crippen molar-refractivity contribution in [2.75, 3.05) is 19.0 Å². The van der Waals surface area contributed by atoms with Crippen LogP contribution >= 0.6 is 11.8 Å². The van der Waals surface area contributed by atoms with Gasteiger partial charge in [-0.2, -0.15) is 0 Å². The summed E-state index contributed by atoms with van der Waals surface area (Å²) in [7, 11) is 1.50. The third kappa shape index (κ3) is 6.40. The molecule has 0 bridgehead atoms. The minimum Gasteiger partial charge on any atom is -0.493 e. The van der Waals surface area contributed by atoms with Gasteiger partial charge < -0.3 is 14.8 Å². The number of imide groups is 1. The van der Waals surface area contributed by atoms with E-state index in [0.717, 1.165) is 28.6 Å². The average Bonchev–Trinajstić information content (AvgIpc) is 3.15. The number of ether oxygens (including phenoxy) is 2. The fourth-order valence-electron chi connectivity index (χ4n) is 3.89.